The second-order valence-corrected chi connectivity index (χ2v) is 6.17. The van der Waals surface area contributed by atoms with Gasteiger partial charge >= 0.3 is 0 Å². The molecule has 1 atom stereocenters. The molecule has 1 unspecified atom stereocenters. The highest BCUT2D eigenvalue weighted by atomic mass is 32.1. The molecule has 1 fully saturated rings. The topological polar surface area (TPSA) is 54.2 Å². The Bertz CT molecular complexity index is 519. The summed E-state index contributed by atoms with van der Waals surface area (Å²) >= 11 is 1.63. The molecule has 0 amide bonds. The summed E-state index contributed by atoms with van der Waals surface area (Å²) in [5, 5.41) is 9.46. The van der Waals surface area contributed by atoms with Crippen molar-refractivity contribution in [3.63, 3.8) is 0 Å². The van der Waals surface area contributed by atoms with Gasteiger partial charge in [-0.2, -0.15) is 4.98 Å². The minimum Gasteiger partial charge on any atom is -0.339 e. The fourth-order valence-electron chi connectivity index (χ4n) is 2.54. The largest absolute Gasteiger partial charge is 0.339 e. The van der Waals surface area contributed by atoms with Crippen LogP contribution in [0.1, 0.15) is 18.7 Å². The molecule has 0 spiro atoms. The van der Waals surface area contributed by atoms with Gasteiger partial charge in [-0.15, -0.1) is 11.3 Å². The maximum absolute atomic E-state index is 5.31. The fourth-order valence-corrected chi connectivity index (χ4v) is 3.19. The van der Waals surface area contributed by atoms with E-state index in [0.717, 1.165) is 43.2 Å². The van der Waals surface area contributed by atoms with Gasteiger partial charge in [-0.05, 0) is 44.4 Å². The first-order valence-electron chi connectivity index (χ1n) is 7.10. The molecule has 3 heterocycles. The second kappa shape index (κ2) is 6.47. The summed E-state index contributed by atoms with van der Waals surface area (Å²) in [6, 6.07) is 4.69. The molecule has 3 rings (SSSR count). The second-order valence-electron chi connectivity index (χ2n) is 5.22. The van der Waals surface area contributed by atoms with E-state index in [4.69, 9.17) is 4.52 Å². The molecule has 6 heteroatoms. The third kappa shape index (κ3) is 3.26. The van der Waals surface area contributed by atoms with Crippen molar-refractivity contribution in [1.29, 1.82) is 0 Å². The Balaban J connectivity index is 1.46. The molecule has 0 bridgehead atoms. The maximum Gasteiger partial charge on any atom is 0.227 e. The minimum absolute atomic E-state index is 0.680. The maximum atomic E-state index is 5.31. The molecule has 108 valence electrons. The summed E-state index contributed by atoms with van der Waals surface area (Å²) in [7, 11) is 2.20. The Labute approximate surface area is 123 Å². The number of hydrogen-bond donors (Lipinski definition) is 1. The average Bonchev–Trinajstić information content (AvgIpc) is 3.20. The molecule has 1 aliphatic rings. The Morgan fingerprint density at radius 3 is 3.25 bits per heavy atom. The monoisotopic (exact) mass is 292 g/mol. The molecule has 0 aromatic carbocycles. The van der Waals surface area contributed by atoms with Gasteiger partial charge in [0.15, 0.2) is 0 Å². The molecular formula is C14H20N4OS. The van der Waals surface area contributed by atoms with Crippen LogP contribution in [0, 0.1) is 0 Å². The van der Waals surface area contributed by atoms with E-state index in [1.807, 2.05) is 17.5 Å². The first-order valence-corrected chi connectivity index (χ1v) is 7.98. The van der Waals surface area contributed by atoms with Crippen LogP contribution >= 0.6 is 11.3 Å². The number of thiophene rings is 1. The molecule has 2 aromatic heterocycles. The standard InChI is InChI=1S/C14H20N4OS/c1-18(11-6-7-15-10-11)8-2-5-13-16-14(17-19-13)12-4-3-9-20-12/h3-4,9,11,15H,2,5-8,10H2,1H3. The molecule has 20 heavy (non-hydrogen) atoms. The van der Waals surface area contributed by atoms with Crippen molar-refractivity contribution in [3.05, 3.63) is 23.4 Å². The zero-order valence-electron chi connectivity index (χ0n) is 11.7. The lowest BCUT2D eigenvalue weighted by Gasteiger charge is -2.22. The minimum atomic E-state index is 0.680. The van der Waals surface area contributed by atoms with Gasteiger partial charge in [0.2, 0.25) is 11.7 Å². The first kappa shape index (κ1) is 13.7. The quantitative estimate of drug-likeness (QED) is 0.883. The van der Waals surface area contributed by atoms with Crippen LogP contribution in [0.25, 0.3) is 10.7 Å². The van der Waals surface area contributed by atoms with Crippen LogP contribution in [0.5, 0.6) is 0 Å². The molecule has 1 N–H and O–H groups in total. The van der Waals surface area contributed by atoms with E-state index in [2.05, 4.69) is 27.4 Å². The van der Waals surface area contributed by atoms with Crippen molar-refractivity contribution >= 4 is 11.3 Å². The van der Waals surface area contributed by atoms with Gasteiger partial charge in [0.25, 0.3) is 0 Å². The Morgan fingerprint density at radius 2 is 2.50 bits per heavy atom. The van der Waals surface area contributed by atoms with E-state index >= 15 is 0 Å². The molecule has 0 radical (unpaired) electrons. The van der Waals surface area contributed by atoms with E-state index in [9.17, 15) is 0 Å². The molecule has 2 aromatic rings. The predicted molar refractivity (Wildman–Crippen MR) is 79.8 cm³/mol. The summed E-state index contributed by atoms with van der Waals surface area (Å²) in [4.78, 5) is 7.94. The highest BCUT2D eigenvalue weighted by Gasteiger charge is 2.18. The number of rotatable bonds is 6. The van der Waals surface area contributed by atoms with E-state index in [-0.39, 0.29) is 0 Å². The Morgan fingerprint density at radius 1 is 1.55 bits per heavy atom. The van der Waals surface area contributed by atoms with Crippen molar-refractivity contribution in [2.45, 2.75) is 25.3 Å². The molecule has 1 saturated heterocycles. The van der Waals surface area contributed by atoms with Gasteiger partial charge < -0.3 is 14.7 Å². The smallest absolute Gasteiger partial charge is 0.227 e. The Hall–Kier alpha value is -1.24. The number of aryl methyl sites for hydroxylation is 1. The van der Waals surface area contributed by atoms with Crippen LogP contribution in [0.3, 0.4) is 0 Å². The average molecular weight is 292 g/mol. The van der Waals surface area contributed by atoms with E-state index in [1.54, 1.807) is 11.3 Å². The SMILES string of the molecule is CN(CCCc1nc(-c2cccs2)no1)C1CCNC1. The number of aromatic nitrogens is 2. The van der Waals surface area contributed by atoms with Crippen LogP contribution < -0.4 is 5.32 Å². The number of nitrogens with one attached hydrogen (secondary N) is 1. The van der Waals surface area contributed by atoms with Gasteiger partial charge in [-0.3, -0.25) is 0 Å². The fraction of sp³-hybridized carbons (Fsp3) is 0.571. The summed E-state index contributed by atoms with van der Waals surface area (Å²) < 4.78 is 5.31. The van der Waals surface area contributed by atoms with Crippen LogP contribution in [-0.4, -0.2) is 47.8 Å². The number of likely N-dealkylation sites (N-methyl/N-ethyl adjacent to an activating group) is 1. The lowest BCUT2D eigenvalue weighted by atomic mass is 10.2. The van der Waals surface area contributed by atoms with Crippen LogP contribution in [0.2, 0.25) is 0 Å². The normalized spacial score (nSPS) is 19.0. The van der Waals surface area contributed by atoms with E-state index < -0.39 is 0 Å². The van der Waals surface area contributed by atoms with Crippen molar-refractivity contribution in [3.8, 4) is 10.7 Å². The van der Waals surface area contributed by atoms with Gasteiger partial charge in [0.1, 0.15) is 0 Å². The lowest BCUT2D eigenvalue weighted by molar-refractivity contribution is 0.250. The zero-order chi connectivity index (χ0) is 13.8. The summed E-state index contributed by atoms with van der Waals surface area (Å²) in [6.45, 7) is 3.32. The molecule has 1 aliphatic heterocycles. The zero-order valence-corrected chi connectivity index (χ0v) is 12.5. The van der Waals surface area contributed by atoms with Crippen molar-refractivity contribution in [1.82, 2.24) is 20.4 Å². The lowest BCUT2D eigenvalue weighted by Crippen LogP contribution is -2.34. The molecule has 5 nitrogen and oxygen atoms in total. The predicted octanol–water partition coefficient (Wildman–Crippen LogP) is 2.02. The van der Waals surface area contributed by atoms with Gasteiger partial charge in [0, 0.05) is 19.0 Å². The van der Waals surface area contributed by atoms with Gasteiger partial charge in [-0.25, -0.2) is 0 Å². The van der Waals surface area contributed by atoms with Crippen LogP contribution in [0.15, 0.2) is 22.0 Å². The highest BCUT2D eigenvalue weighted by Crippen LogP contribution is 2.21. The van der Waals surface area contributed by atoms with Crippen LogP contribution in [0.4, 0.5) is 0 Å². The highest BCUT2D eigenvalue weighted by molar-refractivity contribution is 7.13. The van der Waals surface area contributed by atoms with E-state index in [1.165, 1.54) is 6.42 Å². The van der Waals surface area contributed by atoms with Gasteiger partial charge in [0.05, 0.1) is 4.88 Å². The number of nitrogens with zero attached hydrogens (tertiary/aromatic N) is 3. The van der Waals surface area contributed by atoms with E-state index in [0.29, 0.717) is 11.9 Å². The summed E-state index contributed by atoms with van der Waals surface area (Å²) in [6.07, 6.45) is 3.15. The third-order valence-electron chi connectivity index (χ3n) is 3.77. The number of hydrogen-bond acceptors (Lipinski definition) is 6. The molecule has 0 aliphatic carbocycles. The summed E-state index contributed by atoms with van der Waals surface area (Å²) in [5.74, 6) is 1.45. The third-order valence-corrected chi connectivity index (χ3v) is 4.63. The Kier molecular flexibility index (Phi) is 4.44. The first-order chi connectivity index (χ1) is 9.83. The van der Waals surface area contributed by atoms with Crippen LogP contribution in [-0.2, 0) is 6.42 Å². The van der Waals surface area contributed by atoms with Crippen molar-refractivity contribution in [2.24, 2.45) is 0 Å². The van der Waals surface area contributed by atoms with Gasteiger partial charge in [-0.1, -0.05) is 11.2 Å². The van der Waals surface area contributed by atoms with Crippen molar-refractivity contribution in [2.75, 3.05) is 26.7 Å². The molecular weight excluding hydrogens is 272 g/mol. The molecule has 0 saturated carbocycles. The van der Waals surface area contributed by atoms with Crippen molar-refractivity contribution < 1.29 is 4.52 Å². The summed E-state index contributed by atoms with van der Waals surface area (Å²) in [5.41, 5.74) is 0.